The molecule has 1 aliphatic carbocycles. The first-order valence-electron chi connectivity index (χ1n) is 13.6. The number of rotatable bonds is 6. The topological polar surface area (TPSA) is 90.6 Å². The largest absolute Gasteiger partial charge is 0.390 e. The molecule has 0 spiro atoms. The van der Waals surface area contributed by atoms with Gasteiger partial charge in [-0.15, -0.1) is 5.10 Å². The number of carbonyl (C=O) groups is 1. The van der Waals surface area contributed by atoms with Gasteiger partial charge in [0.25, 0.3) is 0 Å². The fourth-order valence-corrected chi connectivity index (χ4v) is 5.87. The molecule has 9 nitrogen and oxygen atoms in total. The third kappa shape index (κ3) is 6.59. The summed E-state index contributed by atoms with van der Waals surface area (Å²) in [5.74, 6) is 0.974. The Hall–Kier alpha value is -3.14. The van der Waals surface area contributed by atoms with Crippen LogP contribution in [0.2, 0.25) is 10.0 Å². The van der Waals surface area contributed by atoms with E-state index in [9.17, 15) is 9.90 Å². The molecule has 1 aliphatic heterocycles. The Kier molecular flexibility index (Phi) is 10.1. The van der Waals surface area contributed by atoms with Crippen LogP contribution in [0.3, 0.4) is 0 Å². The van der Waals surface area contributed by atoms with Gasteiger partial charge in [0.1, 0.15) is 6.17 Å². The van der Waals surface area contributed by atoms with E-state index in [1.165, 1.54) is 32.1 Å². The highest BCUT2D eigenvalue weighted by molar-refractivity contribution is 6.35. The van der Waals surface area contributed by atoms with Crippen LogP contribution in [-0.4, -0.2) is 67.8 Å². The maximum Gasteiger partial charge on any atom is 0.222 e. The summed E-state index contributed by atoms with van der Waals surface area (Å²) in [5, 5.41) is 22.7. The second kappa shape index (κ2) is 13.5. The van der Waals surface area contributed by atoms with E-state index in [2.05, 4.69) is 15.5 Å². The van der Waals surface area contributed by atoms with Crippen molar-refractivity contribution in [2.24, 2.45) is 7.05 Å². The van der Waals surface area contributed by atoms with E-state index in [-0.39, 0.29) is 12.8 Å². The fourth-order valence-electron chi connectivity index (χ4n) is 5.37. The number of hydrogen-bond donors (Lipinski definition) is 1. The number of halogens is 2. The fraction of sp³-hybridized carbons (Fsp3) is 0.448. The summed E-state index contributed by atoms with van der Waals surface area (Å²) in [7, 11) is 5.69. The van der Waals surface area contributed by atoms with Gasteiger partial charge in [-0.2, -0.15) is 0 Å². The minimum atomic E-state index is -0.200. The third-order valence-corrected chi connectivity index (χ3v) is 8.10. The average Bonchev–Trinajstić information content (AvgIpc) is 3.55. The lowest BCUT2D eigenvalue weighted by Crippen LogP contribution is -2.37. The number of carbonyl (C=O) groups excluding carboxylic acids is 1. The lowest BCUT2D eigenvalue weighted by Gasteiger charge is -2.33. The van der Waals surface area contributed by atoms with Gasteiger partial charge in [0, 0.05) is 66.7 Å². The van der Waals surface area contributed by atoms with Crippen molar-refractivity contribution in [3.05, 3.63) is 70.0 Å². The highest BCUT2D eigenvalue weighted by Crippen LogP contribution is 2.41. The molecule has 214 valence electrons. The quantitative estimate of drug-likeness (QED) is 0.399. The Labute approximate surface area is 246 Å². The van der Waals surface area contributed by atoms with Crippen LogP contribution < -0.4 is 4.90 Å². The third-order valence-electron chi connectivity index (χ3n) is 7.54. The van der Waals surface area contributed by atoms with E-state index >= 15 is 0 Å². The molecule has 2 heterocycles. The molecule has 2 aromatic carbocycles. The molecule has 11 heteroatoms. The zero-order chi connectivity index (χ0) is 28.8. The zero-order valence-corrected chi connectivity index (χ0v) is 25.0. The summed E-state index contributed by atoms with van der Waals surface area (Å²) in [6.07, 6.45) is 8.73. The highest BCUT2D eigenvalue weighted by atomic mass is 35.5. The summed E-state index contributed by atoms with van der Waals surface area (Å²) < 4.78 is 1.62. The van der Waals surface area contributed by atoms with E-state index in [1.807, 2.05) is 78.3 Å². The maximum atomic E-state index is 11.3. The molecule has 0 radical (unpaired) electrons. The van der Waals surface area contributed by atoms with Gasteiger partial charge in [-0.05, 0) is 59.7 Å². The van der Waals surface area contributed by atoms with Gasteiger partial charge < -0.3 is 19.8 Å². The Balaban J connectivity index is 0.000000259. The first kappa shape index (κ1) is 29.8. The number of aliphatic hydroxyl groups excluding tert-OH is 1. The van der Waals surface area contributed by atoms with Crippen LogP contribution in [-0.2, 0) is 11.8 Å². The van der Waals surface area contributed by atoms with Crippen LogP contribution in [0.4, 0.5) is 5.69 Å². The van der Waals surface area contributed by atoms with Crippen LogP contribution in [0.15, 0.2) is 54.4 Å². The molecule has 0 saturated heterocycles. The van der Waals surface area contributed by atoms with Crippen LogP contribution in [0, 0.1) is 0 Å². The molecule has 40 heavy (non-hydrogen) atoms. The van der Waals surface area contributed by atoms with E-state index < -0.39 is 0 Å². The van der Waals surface area contributed by atoms with Gasteiger partial charge in [0.05, 0.1) is 12.3 Å². The minimum absolute atomic E-state index is 0.0962. The number of aryl methyl sites for hydroxylation is 1. The number of hydrogen-bond acceptors (Lipinski definition) is 7. The van der Waals surface area contributed by atoms with Crippen LogP contribution >= 0.6 is 23.2 Å². The number of aromatic nitrogens is 4. The summed E-state index contributed by atoms with van der Waals surface area (Å²) in [5.41, 5.74) is 3.49. The number of aliphatic hydroxyl groups is 1. The smallest absolute Gasteiger partial charge is 0.222 e. The van der Waals surface area contributed by atoms with Gasteiger partial charge in [0.2, 0.25) is 5.91 Å². The molecular weight excluding hydrogens is 549 g/mol. The van der Waals surface area contributed by atoms with Gasteiger partial charge in [-0.3, -0.25) is 4.79 Å². The number of benzene rings is 2. The number of tetrazole rings is 1. The Morgan fingerprint density at radius 2 is 1.77 bits per heavy atom. The molecule has 5 rings (SSSR count). The van der Waals surface area contributed by atoms with Crippen LogP contribution in [0.5, 0.6) is 0 Å². The van der Waals surface area contributed by atoms with Gasteiger partial charge in [0.15, 0.2) is 5.82 Å². The molecule has 2 aliphatic rings. The summed E-state index contributed by atoms with van der Waals surface area (Å²) in [4.78, 5) is 17.3. The van der Waals surface area contributed by atoms with Gasteiger partial charge in [-0.1, -0.05) is 55.5 Å². The van der Waals surface area contributed by atoms with Crippen molar-refractivity contribution in [3.63, 3.8) is 0 Å². The highest BCUT2D eigenvalue weighted by Gasteiger charge is 2.33. The predicted molar refractivity (Wildman–Crippen MR) is 159 cm³/mol. The molecule has 3 aromatic rings. The van der Waals surface area contributed by atoms with E-state index in [0.29, 0.717) is 34.2 Å². The summed E-state index contributed by atoms with van der Waals surface area (Å²) in [6, 6.07) is 13.8. The van der Waals surface area contributed by atoms with Crippen molar-refractivity contribution in [2.75, 3.05) is 25.6 Å². The Morgan fingerprint density at radius 3 is 2.35 bits per heavy atom. The average molecular weight is 587 g/mol. The maximum absolute atomic E-state index is 11.3. The molecule has 1 unspecified atom stereocenters. The normalized spacial score (nSPS) is 17.4. The lowest BCUT2D eigenvalue weighted by atomic mass is 9.94. The first-order chi connectivity index (χ1) is 19.2. The van der Waals surface area contributed by atoms with Crippen molar-refractivity contribution >= 4 is 34.8 Å². The van der Waals surface area contributed by atoms with Gasteiger partial charge in [-0.25, -0.2) is 4.68 Å². The van der Waals surface area contributed by atoms with Crippen LogP contribution in [0.1, 0.15) is 57.2 Å². The first-order valence-corrected chi connectivity index (χ1v) is 14.4. The number of nitrogens with zero attached hydrogens (tertiary/aromatic N) is 7. The van der Waals surface area contributed by atoms with E-state index in [1.54, 1.807) is 17.8 Å². The molecule has 1 aromatic heterocycles. The molecular formula is C29H37Cl2N7O2. The standard InChI is InChI=1S/C19H18Cl2N6O.C10H19NO/c1-25-10-15(11-28)27(19(25)16-8-5-13(20)9-17(16)21)14-6-3-12(4-7-14)18-22-23-24-26(18)2;1-3-10(12)11(2)9-7-5-4-6-8-9/h3-10,19,28H,11H2,1-2H3;9H,3-8H2,1-2H3. The van der Waals surface area contributed by atoms with Crippen LogP contribution in [0.25, 0.3) is 11.4 Å². The van der Waals surface area contributed by atoms with Crippen molar-refractivity contribution < 1.29 is 9.90 Å². The minimum Gasteiger partial charge on any atom is -0.390 e. The van der Waals surface area contributed by atoms with Crippen molar-refractivity contribution in [2.45, 2.75) is 57.7 Å². The second-order valence-electron chi connectivity index (χ2n) is 10.2. The molecule has 1 fully saturated rings. The molecule has 1 saturated carbocycles. The second-order valence-corrected chi connectivity index (χ2v) is 11.0. The molecule has 1 atom stereocenters. The lowest BCUT2D eigenvalue weighted by molar-refractivity contribution is -0.132. The molecule has 1 amide bonds. The zero-order valence-electron chi connectivity index (χ0n) is 23.5. The SMILES string of the molecule is CCC(=O)N(C)C1CCCCC1.CN1C=C(CO)N(c2ccc(-c3nnnn3C)cc2)C1c1ccc(Cl)cc1Cl. The van der Waals surface area contributed by atoms with Crippen molar-refractivity contribution in [3.8, 4) is 11.4 Å². The van der Waals surface area contributed by atoms with Gasteiger partial charge >= 0.3 is 0 Å². The van der Waals surface area contributed by atoms with E-state index in [4.69, 9.17) is 23.2 Å². The summed E-state index contributed by atoms with van der Waals surface area (Å²) >= 11 is 12.5. The van der Waals surface area contributed by atoms with E-state index in [0.717, 1.165) is 22.5 Å². The Bertz CT molecular complexity index is 1320. The molecule has 0 bridgehead atoms. The monoisotopic (exact) mass is 585 g/mol. The number of amides is 1. The molecule has 1 N–H and O–H groups in total. The predicted octanol–water partition coefficient (Wildman–Crippen LogP) is 5.66. The van der Waals surface area contributed by atoms with Crippen molar-refractivity contribution in [1.29, 1.82) is 0 Å². The number of anilines is 1. The Morgan fingerprint density at radius 1 is 1.07 bits per heavy atom. The summed E-state index contributed by atoms with van der Waals surface area (Å²) in [6.45, 7) is 1.84. The van der Waals surface area contributed by atoms with Crippen molar-refractivity contribution in [1.82, 2.24) is 30.0 Å².